The van der Waals surface area contributed by atoms with Crippen LogP contribution in [0.15, 0.2) is 11.0 Å². The average Bonchev–Trinajstić information content (AvgIpc) is 2.70. The molecule has 7 nitrogen and oxygen atoms in total. The second-order valence-electron chi connectivity index (χ2n) is 4.53. The second kappa shape index (κ2) is 6.10. The molecule has 0 aromatic carbocycles. The molecule has 9 heteroatoms. The minimum absolute atomic E-state index is 0.00621. The van der Waals surface area contributed by atoms with E-state index in [1.54, 1.807) is 7.05 Å². The molecule has 0 radical (unpaired) electrons. The van der Waals surface area contributed by atoms with Crippen molar-refractivity contribution in [2.24, 2.45) is 0 Å². The third-order valence-corrected chi connectivity index (χ3v) is 3.47. The van der Waals surface area contributed by atoms with E-state index in [1.165, 1.54) is 10.8 Å². The highest BCUT2D eigenvalue weighted by molar-refractivity contribution is 7.71. The van der Waals surface area contributed by atoms with Gasteiger partial charge in [0.25, 0.3) is 5.56 Å². The highest BCUT2D eigenvalue weighted by Crippen LogP contribution is 2.31. The number of nitrogens with zero attached hydrogens (tertiary/aromatic N) is 1. The zero-order valence-electron chi connectivity index (χ0n) is 10.7. The van der Waals surface area contributed by atoms with Crippen molar-refractivity contribution in [2.75, 3.05) is 13.7 Å². The number of rotatable bonds is 4. The Labute approximate surface area is 119 Å². The van der Waals surface area contributed by atoms with Crippen molar-refractivity contribution in [3.05, 3.63) is 26.9 Å². The third kappa shape index (κ3) is 2.67. The van der Waals surface area contributed by atoms with Crippen LogP contribution in [-0.2, 0) is 11.3 Å². The summed E-state index contributed by atoms with van der Waals surface area (Å²) >= 11 is 4.98. The van der Waals surface area contributed by atoms with Gasteiger partial charge < -0.3 is 20.3 Å². The van der Waals surface area contributed by atoms with Crippen molar-refractivity contribution in [3.8, 4) is 0 Å². The van der Waals surface area contributed by atoms with Gasteiger partial charge in [0.15, 0.2) is 17.2 Å². The number of aliphatic hydroxyl groups is 2. The van der Waals surface area contributed by atoms with Gasteiger partial charge >= 0.3 is 0 Å². The molecule has 4 atom stereocenters. The molecular formula is C11H16FN3O4S. The average molecular weight is 305 g/mol. The van der Waals surface area contributed by atoms with E-state index < -0.39 is 31.2 Å². The summed E-state index contributed by atoms with van der Waals surface area (Å²) in [5.41, 5.74) is -0.00731. The molecule has 2 heterocycles. The number of nitrogens with one attached hydrogen (secondary N) is 2. The maximum atomic E-state index is 14.0. The summed E-state index contributed by atoms with van der Waals surface area (Å²) < 4.78 is 20.5. The van der Waals surface area contributed by atoms with Crippen molar-refractivity contribution in [2.45, 2.75) is 31.2 Å². The smallest absolute Gasteiger partial charge is 0.256 e. The Morgan fingerprint density at radius 1 is 1.65 bits per heavy atom. The highest BCUT2D eigenvalue weighted by atomic mass is 32.1. The van der Waals surface area contributed by atoms with Gasteiger partial charge in [0.1, 0.15) is 12.2 Å². The van der Waals surface area contributed by atoms with Gasteiger partial charge in [0.2, 0.25) is 0 Å². The number of hydrogen-bond donors (Lipinski definition) is 4. The lowest BCUT2D eigenvalue weighted by atomic mass is 10.1. The fraction of sp³-hybridized carbons (Fsp3) is 0.636. The summed E-state index contributed by atoms with van der Waals surface area (Å²) in [6.07, 6.45) is -3.99. The van der Waals surface area contributed by atoms with Crippen molar-refractivity contribution in [1.29, 1.82) is 0 Å². The monoisotopic (exact) mass is 305 g/mol. The number of alkyl halides is 1. The highest BCUT2D eigenvalue weighted by Gasteiger charge is 2.45. The maximum absolute atomic E-state index is 14.0. The molecule has 1 unspecified atom stereocenters. The van der Waals surface area contributed by atoms with E-state index in [0.29, 0.717) is 5.56 Å². The van der Waals surface area contributed by atoms with E-state index in [2.05, 4.69) is 10.3 Å². The molecule has 1 aromatic rings. The Bertz CT molecular complexity index is 590. The molecule has 1 saturated heterocycles. The number of H-pyrrole nitrogens is 1. The summed E-state index contributed by atoms with van der Waals surface area (Å²) in [6.45, 7) is -0.223. The maximum Gasteiger partial charge on any atom is 0.256 e. The number of aromatic amines is 1. The molecule has 4 N–H and O–H groups in total. The topological polar surface area (TPSA) is 99.5 Å². The molecule has 20 heavy (non-hydrogen) atoms. The third-order valence-electron chi connectivity index (χ3n) is 3.16. The van der Waals surface area contributed by atoms with Crippen LogP contribution in [0.1, 0.15) is 11.8 Å². The van der Waals surface area contributed by atoms with Gasteiger partial charge in [-0.3, -0.25) is 14.3 Å². The van der Waals surface area contributed by atoms with Crippen LogP contribution in [0.25, 0.3) is 0 Å². The van der Waals surface area contributed by atoms with Gasteiger partial charge in [-0.15, -0.1) is 0 Å². The van der Waals surface area contributed by atoms with Crippen molar-refractivity contribution >= 4 is 12.2 Å². The summed E-state index contributed by atoms with van der Waals surface area (Å²) in [7, 11) is 1.67. The molecule has 1 aliphatic rings. The van der Waals surface area contributed by atoms with Gasteiger partial charge in [-0.05, 0) is 19.3 Å². The molecule has 1 fully saturated rings. The zero-order chi connectivity index (χ0) is 14.9. The first-order valence-corrected chi connectivity index (χ1v) is 6.47. The molecule has 0 bridgehead atoms. The molecule has 2 rings (SSSR count). The number of halogens is 1. The van der Waals surface area contributed by atoms with E-state index in [0.717, 1.165) is 0 Å². The molecule has 112 valence electrons. The number of aromatic nitrogens is 2. The van der Waals surface area contributed by atoms with Gasteiger partial charge in [0, 0.05) is 18.3 Å². The molecule has 1 aliphatic heterocycles. The first kappa shape index (κ1) is 15.3. The van der Waals surface area contributed by atoms with E-state index in [9.17, 15) is 14.3 Å². The predicted molar refractivity (Wildman–Crippen MR) is 70.5 cm³/mol. The quantitative estimate of drug-likeness (QED) is 0.544. The van der Waals surface area contributed by atoms with Crippen LogP contribution in [-0.4, -0.2) is 51.8 Å². The van der Waals surface area contributed by atoms with Crippen LogP contribution in [0.3, 0.4) is 0 Å². The Hall–Kier alpha value is -1.13. The van der Waals surface area contributed by atoms with Crippen LogP contribution in [0.5, 0.6) is 0 Å². The fourth-order valence-corrected chi connectivity index (χ4v) is 2.36. The molecule has 0 aliphatic carbocycles. The van der Waals surface area contributed by atoms with E-state index in [4.69, 9.17) is 22.1 Å². The summed E-state index contributed by atoms with van der Waals surface area (Å²) in [6, 6.07) is 0. The summed E-state index contributed by atoms with van der Waals surface area (Å²) in [5, 5.41) is 21.4. The minimum atomic E-state index is -1.74. The zero-order valence-corrected chi connectivity index (χ0v) is 11.6. The Morgan fingerprint density at radius 3 is 2.90 bits per heavy atom. The van der Waals surface area contributed by atoms with Gasteiger partial charge in [-0.2, -0.15) is 0 Å². The number of hydrogen-bond acceptors (Lipinski definition) is 6. The minimum Gasteiger partial charge on any atom is -0.394 e. The SMILES string of the molecule is CNCc1cn([C@@H]2O[C@H](CO)C(O)[C@@H]2F)c(=S)[nH]c1=O. The molecule has 0 saturated carbocycles. The first-order chi connectivity index (χ1) is 9.49. The Balaban J connectivity index is 2.40. The first-order valence-electron chi connectivity index (χ1n) is 6.07. The summed E-state index contributed by atoms with van der Waals surface area (Å²) in [4.78, 5) is 14.1. The lowest BCUT2D eigenvalue weighted by molar-refractivity contribution is -0.0485. The van der Waals surface area contributed by atoms with Crippen LogP contribution >= 0.6 is 12.2 Å². The van der Waals surface area contributed by atoms with Gasteiger partial charge in [-0.1, -0.05) is 0 Å². The van der Waals surface area contributed by atoms with E-state index in [1.807, 2.05) is 0 Å². The van der Waals surface area contributed by atoms with Crippen LogP contribution in [0.4, 0.5) is 4.39 Å². The van der Waals surface area contributed by atoms with Crippen LogP contribution < -0.4 is 10.9 Å². The Kier molecular flexibility index (Phi) is 4.66. The number of aliphatic hydroxyl groups excluding tert-OH is 2. The molecule has 1 aromatic heterocycles. The largest absolute Gasteiger partial charge is 0.394 e. The molecular weight excluding hydrogens is 289 g/mol. The van der Waals surface area contributed by atoms with Crippen LogP contribution in [0.2, 0.25) is 0 Å². The molecule has 0 amide bonds. The van der Waals surface area contributed by atoms with Crippen molar-refractivity contribution in [3.63, 3.8) is 0 Å². The van der Waals surface area contributed by atoms with E-state index in [-0.39, 0.29) is 16.9 Å². The lowest BCUT2D eigenvalue weighted by Crippen LogP contribution is -2.31. The van der Waals surface area contributed by atoms with Gasteiger partial charge in [0.05, 0.1) is 6.61 Å². The standard InChI is InChI=1S/C11H16FN3O4S/c1-13-2-5-3-15(11(20)14-9(5)18)10-7(12)8(17)6(4-16)19-10/h3,6-8,10,13,16-17H,2,4H2,1H3,(H,14,18,20)/t6-,7+,8?,10-/m1/s1. The van der Waals surface area contributed by atoms with E-state index >= 15 is 0 Å². The Morgan fingerprint density at radius 2 is 2.35 bits per heavy atom. The van der Waals surface area contributed by atoms with Gasteiger partial charge in [-0.25, -0.2) is 4.39 Å². The lowest BCUT2D eigenvalue weighted by Gasteiger charge is -2.18. The second-order valence-corrected chi connectivity index (χ2v) is 4.92. The summed E-state index contributed by atoms with van der Waals surface area (Å²) in [5.74, 6) is 0. The predicted octanol–water partition coefficient (Wildman–Crippen LogP) is -0.786. The fourth-order valence-electron chi connectivity index (χ4n) is 2.11. The number of ether oxygens (including phenoxy) is 1. The molecule has 0 spiro atoms. The van der Waals surface area contributed by atoms with Crippen molar-refractivity contribution < 1.29 is 19.3 Å². The van der Waals surface area contributed by atoms with Crippen molar-refractivity contribution in [1.82, 2.24) is 14.9 Å². The normalized spacial score (nSPS) is 29.8. The van der Waals surface area contributed by atoms with Crippen LogP contribution in [0, 0.1) is 4.77 Å².